The van der Waals surface area contributed by atoms with E-state index in [1.54, 1.807) is 43.3 Å². The van der Waals surface area contributed by atoms with Gasteiger partial charge in [-0.1, -0.05) is 23.7 Å². The Morgan fingerprint density at radius 3 is 2.52 bits per heavy atom. The van der Waals surface area contributed by atoms with E-state index < -0.39 is 11.9 Å². The van der Waals surface area contributed by atoms with Crippen molar-refractivity contribution in [2.45, 2.75) is 20.8 Å². The fourth-order valence-electron chi connectivity index (χ4n) is 3.35. The number of amides is 1. The number of nitrogens with one attached hydrogen (secondary N) is 1. The molecule has 0 saturated heterocycles. The topological polar surface area (TPSA) is 95.1 Å². The van der Waals surface area contributed by atoms with Crippen molar-refractivity contribution in [3.63, 3.8) is 0 Å². The summed E-state index contributed by atoms with van der Waals surface area (Å²) in [4.78, 5) is 24.0. The lowest BCUT2D eigenvalue weighted by molar-refractivity contribution is -0.112. The van der Waals surface area contributed by atoms with E-state index in [0.29, 0.717) is 27.5 Å². The smallest absolute Gasteiger partial charge is 0.335 e. The van der Waals surface area contributed by atoms with Crippen molar-refractivity contribution in [3.05, 3.63) is 87.2 Å². The molecule has 0 aliphatic rings. The van der Waals surface area contributed by atoms with Crippen LogP contribution in [-0.2, 0) is 4.79 Å². The molecule has 7 heteroatoms. The number of halogens is 1. The predicted molar refractivity (Wildman–Crippen MR) is 121 cm³/mol. The van der Waals surface area contributed by atoms with E-state index in [-0.39, 0.29) is 11.1 Å². The lowest BCUT2D eigenvalue weighted by Crippen LogP contribution is -2.14. The minimum Gasteiger partial charge on any atom is -0.478 e. The molecule has 0 aliphatic heterocycles. The molecule has 31 heavy (non-hydrogen) atoms. The summed E-state index contributed by atoms with van der Waals surface area (Å²) in [6, 6.07) is 15.5. The summed E-state index contributed by atoms with van der Waals surface area (Å²) in [5.41, 5.74) is 4.37. The van der Waals surface area contributed by atoms with Gasteiger partial charge >= 0.3 is 5.97 Å². The van der Waals surface area contributed by atoms with Crippen molar-refractivity contribution in [2.75, 3.05) is 5.32 Å². The molecule has 1 heterocycles. The van der Waals surface area contributed by atoms with Gasteiger partial charge in [0.25, 0.3) is 5.91 Å². The summed E-state index contributed by atoms with van der Waals surface area (Å²) >= 11 is 6.10. The second-order valence-electron chi connectivity index (χ2n) is 7.05. The molecule has 0 spiro atoms. The Morgan fingerprint density at radius 2 is 1.84 bits per heavy atom. The number of benzene rings is 2. The van der Waals surface area contributed by atoms with Crippen LogP contribution >= 0.6 is 11.6 Å². The van der Waals surface area contributed by atoms with Gasteiger partial charge in [0.15, 0.2) is 0 Å². The third kappa shape index (κ3) is 4.52. The largest absolute Gasteiger partial charge is 0.478 e. The average Bonchev–Trinajstić information content (AvgIpc) is 3.02. The van der Waals surface area contributed by atoms with Gasteiger partial charge in [0.2, 0.25) is 0 Å². The normalized spacial score (nSPS) is 11.1. The third-order valence-corrected chi connectivity index (χ3v) is 5.41. The lowest BCUT2D eigenvalue weighted by Gasteiger charge is -2.11. The van der Waals surface area contributed by atoms with Gasteiger partial charge in [-0.25, -0.2) is 4.79 Å². The van der Waals surface area contributed by atoms with Crippen LogP contribution in [0.4, 0.5) is 5.69 Å². The number of anilines is 1. The van der Waals surface area contributed by atoms with Gasteiger partial charge < -0.3 is 15.0 Å². The first-order valence-corrected chi connectivity index (χ1v) is 9.81. The first kappa shape index (κ1) is 21.9. The molecule has 0 atom stereocenters. The van der Waals surface area contributed by atoms with Crippen LogP contribution in [0.1, 0.15) is 32.9 Å². The molecule has 0 saturated carbocycles. The Morgan fingerprint density at radius 1 is 1.13 bits per heavy atom. The number of aromatic nitrogens is 1. The quantitative estimate of drug-likeness (QED) is 0.421. The molecule has 156 valence electrons. The number of carbonyl (C=O) groups excluding carboxylic acids is 1. The number of carboxylic acids is 1. The molecular weight excluding hydrogens is 414 g/mol. The maximum absolute atomic E-state index is 12.7. The first-order valence-electron chi connectivity index (χ1n) is 9.44. The molecule has 3 rings (SSSR count). The molecule has 2 aromatic carbocycles. The predicted octanol–water partition coefficient (Wildman–Crippen LogP) is 5.30. The highest BCUT2D eigenvalue weighted by Gasteiger charge is 2.16. The summed E-state index contributed by atoms with van der Waals surface area (Å²) in [5.74, 6) is -1.55. The number of rotatable bonds is 5. The van der Waals surface area contributed by atoms with Crippen LogP contribution in [0.5, 0.6) is 0 Å². The Bertz CT molecular complexity index is 1270. The summed E-state index contributed by atoms with van der Waals surface area (Å²) in [5, 5.41) is 22.1. The number of nitriles is 1. The number of carbonyl (C=O) groups is 2. The van der Waals surface area contributed by atoms with Gasteiger partial charge in [-0.3, -0.25) is 4.79 Å². The van der Waals surface area contributed by atoms with E-state index in [0.717, 1.165) is 11.4 Å². The SMILES string of the molecule is Cc1c(Cl)cccc1NC(=O)/C(C#N)=C\c1cc(C)n(-c2cccc(C(=O)O)c2)c1C. The van der Waals surface area contributed by atoms with Crippen LogP contribution in [0.15, 0.2) is 54.1 Å². The van der Waals surface area contributed by atoms with Gasteiger partial charge in [0.05, 0.1) is 5.56 Å². The van der Waals surface area contributed by atoms with E-state index in [1.165, 1.54) is 12.1 Å². The molecule has 6 nitrogen and oxygen atoms in total. The van der Waals surface area contributed by atoms with E-state index in [1.807, 2.05) is 30.6 Å². The van der Waals surface area contributed by atoms with Gasteiger partial charge in [-0.2, -0.15) is 5.26 Å². The zero-order valence-corrected chi connectivity index (χ0v) is 18.0. The summed E-state index contributed by atoms with van der Waals surface area (Å²) in [6.45, 7) is 5.51. The number of hydrogen-bond acceptors (Lipinski definition) is 3. The summed E-state index contributed by atoms with van der Waals surface area (Å²) < 4.78 is 1.88. The first-order chi connectivity index (χ1) is 14.7. The second-order valence-corrected chi connectivity index (χ2v) is 7.46. The molecule has 2 N–H and O–H groups in total. The van der Waals surface area contributed by atoms with Crippen molar-refractivity contribution >= 4 is 35.2 Å². The fourth-order valence-corrected chi connectivity index (χ4v) is 3.52. The average molecular weight is 434 g/mol. The van der Waals surface area contributed by atoms with E-state index in [2.05, 4.69) is 5.32 Å². The van der Waals surface area contributed by atoms with Crippen LogP contribution in [0, 0.1) is 32.1 Å². The molecule has 1 amide bonds. The van der Waals surface area contributed by atoms with Gasteiger partial charge in [-0.05, 0) is 74.4 Å². The fraction of sp³-hybridized carbons (Fsp3) is 0.125. The Kier molecular flexibility index (Phi) is 6.28. The van der Waals surface area contributed by atoms with Crippen LogP contribution in [0.25, 0.3) is 11.8 Å². The molecule has 1 aromatic heterocycles. The highest BCUT2D eigenvalue weighted by molar-refractivity contribution is 6.31. The Labute approximate surface area is 185 Å². The monoisotopic (exact) mass is 433 g/mol. The highest BCUT2D eigenvalue weighted by atomic mass is 35.5. The van der Waals surface area contributed by atoms with E-state index in [4.69, 9.17) is 11.6 Å². The van der Waals surface area contributed by atoms with Crippen LogP contribution in [-0.4, -0.2) is 21.6 Å². The molecule has 3 aromatic rings. The summed E-state index contributed by atoms with van der Waals surface area (Å²) in [6.07, 6.45) is 1.52. The van der Waals surface area contributed by atoms with Crippen molar-refractivity contribution < 1.29 is 14.7 Å². The number of aryl methyl sites for hydroxylation is 1. The van der Waals surface area contributed by atoms with Crippen LogP contribution in [0.3, 0.4) is 0 Å². The second kappa shape index (κ2) is 8.90. The zero-order chi connectivity index (χ0) is 22.7. The van der Waals surface area contributed by atoms with Gasteiger partial charge in [0, 0.05) is 27.8 Å². The van der Waals surface area contributed by atoms with Crippen LogP contribution < -0.4 is 5.32 Å². The van der Waals surface area contributed by atoms with Gasteiger partial charge in [0.1, 0.15) is 11.6 Å². The van der Waals surface area contributed by atoms with E-state index in [9.17, 15) is 20.0 Å². The number of aromatic carboxylic acids is 1. The molecule has 0 fully saturated rings. The minimum absolute atomic E-state index is 0.0566. The molecular formula is C24H20ClN3O3. The number of carboxylic acid groups (broad SMARTS) is 1. The van der Waals surface area contributed by atoms with Crippen LogP contribution in [0.2, 0.25) is 5.02 Å². The van der Waals surface area contributed by atoms with Crippen molar-refractivity contribution in [3.8, 4) is 11.8 Å². The molecule has 0 aliphatic carbocycles. The third-order valence-electron chi connectivity index (χ3n) is 5.00. The molecule has 0 bridgehead atoms. The number of nitrogens with zero attached hydrogens (tertiary/aromatic N) is 2. The summed E-state index contributed by atoms with van der Waals surface area (Å²) in [7, 11) is 0. The maximum Gasteiger partial charge on any atom is 0.335 e. The minimum atomic E-state index is -1.01. The van der Waals surface area contributed by atoms with Crippen molar-refractivity contribution in [1.82, 2.24) is 4.57 Å². The Balaban J connectivity index is 1.97. The van der Waals surface area contributed by atoms with Crippen molar-refractivity contribution in [1.29, 1.82) is 5.26 Å². The highest BCUT2D eigenvalue weighted by Crippen LogP contribution is 2.25. The zero-order valence-electron chi connectivity index (χ0n) is 17.2. The molecule has 0 radical (unpaired) electrons. The number of hydrogen-bond donors (Lipinski definition) is 2. The maximum atomic E-state index is 12.7. The Hall–Kier alpha value is -3.82. The lowest BCUT2D eigenvalue weighted by atomic mass is 10.1. The van der Waals surface area contributed by atoms with Gasteiger partial charge in [-0.15, -0.1) is 0 Å². The molecule has 0 unspecified atom stereocenters. The van der Waals surface area contributed by atoms with Crippen molar-refractivity contribution in [2.24, 2.45) is 0 Å². The standard InChI is InChI=1S/C24H20ClN3O3/c1-14-10-18(16(3)28(14)20-7-4-6-17(12-20)24(30)31)11-19(13-26)23(29)27-22-9-5-8-21(25)15(22)2/h4-12H,1-3H3,(H,27,29)(H,30,31)/b19-11-. The van der Waals surface area contributed by atoms with E-state index >= 15 is 0 Å².